The fourth-order valence-corrected chi connectivity index (χ4v) is 3.04. The van der Waals surface area contributed by atoms with Crippen LogP contribution in [-0.4, -0.2) is 70.2 Å². The fourth-order valence-electron chi connectivity index (χ4n) is 2.57. The number of carbonyl (C=O) groups is 1. The summed E-state index contributed by atoms with van der Waals surface area (Å²) in [5.74, 6) is 0.416. The summed E-state index contributed by atoms with van der Waals surface area (Å²) in [6.07, 6.45) is 3.86. The summed E-state index contributed by atoms with van der Waals surface area (Å²) in [4.78, 5) is 16.0. The zero-order valence-electron chi connectivity index (χ0n) is 12.8. The van der Waals surface area contributed by atoms with E-state index in [0.29, 0.717) is 12.5 Å². The molecule has 7 heteroatoms. The molecule has 1 rings (SSSR count). The Bertz CT molecular complexity index is 405. The first-order valence-corrected chi connectivity index (χ1v) is 9.08. The molecule has 1 N–H and O–H groups in total. The Morgan fingerprint density at radius 3 is 2.50 bits per heavy atom. The van der Waals surface area contributed by atoms with Crippen LogP contribution in [0.15, 0.2) is 0 Å². The highest BCUT2D eigenvalue weighted by Gasteiger charge is 2.17. The number of likely N-dealkylation sites (tertiary alicyclic amines) is 1. The normalized spacial score (nSPS) is 18.1. The van der Waals surface area contributed by atoms with Gasteiger partial charge < -0.3 is 9.80 Å². The van der Waals surface area contributed by atoms with E-state index in [1.54, 1.807) is 11.9 Å². The number of hydrogen-bond acceptors (Lipinski definition) is 4. The van der Waals surface area contributed by atoms with E-state index in [1.807, 2.05) is 0 Å². The first kappa shape index (κ1) is 17.4. The molecule has 1 amide bonds. The summed E-state index contributed by atoms with van der Waals surface area (Å²) < 4.78 is 24.2. The number of nitrogens with one attached hydrogen (secondary N) is 1. The molecule has 0 bridgehead atoms. The number of sulfonamides is 1. The Kier molecular flexibility index (Phi) is 6.91. The molecule has 0 aromatic rings. The van der Waals surface area contributed by atoms with E-state index in [2.05, 4.69) is 16.5 Å². The van der Waals surface area contributed by atoms with Crippen molar-refractivity contribution in [3.63, 3.8) is 0 Å². The van der Waals surface area contributed by atoms with Crippen LogP contribution in [0, 0.1) is 5.92 Å². The average molecular weight is 305 g/mol. The van der Waals surface area contributed by atoms with Gasteiger partial charge in [-0.05, 0) is 31.8 Å². The predicted molar refractivity (Wildman–Crippen MR) is 79.9 cm³/mol. The minimum Gasteiger partial charge on any atom is -0.345 e. The Balaban J connectivity index is 2.22. The summed E-state index contributed by atoms with van der Waals surface area (Å²) in [7, 11) is -1.43. The van der Waals surface area contributed by atoms with Gasteiger partial charge in [-0.2, -0.15) is 0 Å². The molecule has 1 unspecified atom stereocenters. The number of hydrogen-bond donors (Lipinski definition) is 1. The lowest BCUT2D eigenvalue weighted by Gasteiger charge is -2.25. The summed E-state index contributed by atoms with van der Waals surface area (Å²) in [6.45, 7) is 6.40. The van der Waals surface area contributed by atoms with Gasteiger partial charge in [0.05, 0.1) is 6.26 Å². The molecule has 0 aromatic heterocycles. The van der Waals surface area contributed by atoms with Crippen molar-refractivity contribution in [3.05, 3.63) is 0 Å². The average Bonchev–Trinajstić information content (AvgIpc) is 2.79. The lowest BCUT2D eigenvalue weighted by Crippen LogP contribution is -2.37. The Morgan fingerprint density at radius 2 is 1.95 bits per heavy atom. The van der Waals surface area contributed by atoms with Crippen molar-refractivity contribution < 1.29 is 13.2 Å². The van der Waals surface area contributed by atoms with Crippen molar-refractivity contribution in [1.82, 2.24) is 14.5 Å². The largest absolute Gasteiger partial charge is 0.345 e. The third-order valence-electron chi connectivity index (χ3n) is 3.48. The van der Waals surface area contributed by atoms with Gasteiger partial charge in [-0.3, -0.25) is 4.79 Å². The van der Waals surface area contributed by atoms with Gasteiger partial charge in [0.2, 0.25) is 15.9 Å². The summed E-state index contributed by atoms with van der Waals surface area (Å²) in [5, 5.41) is 0. The van der Waals surface area contributed by atoms with Gasteiger partial charge in [-0.25, -0.2) is 13.1 Å². The van der Waals surface area contributed by atoms with Crippen LogP contribution < -0.4 is 4.72 Å². The third kappa shape index (κ3) is 7.21. The topological polar surface area (TPSA) is 69.7 Å². The third-order valence-corrected chi connectivity index (χ3v) is 4.21. The quantitative estimate of drug-likeness (QED) is 0.691. The van der Waals surface area contributed by atoms with E-state index in [9.17, 15) is 13.2 Å². The van der Waals surface area contributed by atoms with Crippen LogP contribution >= 0.6 is 0 Å². The molecule has 1 aliphatic heterocycles. The highest BCUT2D eigenvalue weighted by Crippen LogP contribution is 2.11. The monoisotopic (exact) mass is 305 g/mol. The van der Waals surface area contributed by atoms with Crippen LogP contribution in [0.1, 0.15) is 26.2 Å². The second-order valence-corrected chi connectivity index (χ2v) is 7.64. The van der Waals surface area contributed by atoms with E-state index < -0.39 is 10.0 Å². The predicted octanol–water partition coefficient (Wildman–Crippen LogP) is 0.116. The fraction of sp³-hybridized carbons (Fsp3) is 0.923. The van der Waals surface area contributed by atoms with Gasteiger partial charge in [0.1, 0.15) is 0 Å². The number of nitrogens with zero attached hydrogens (tertiary/aromatic N) is 2. The Hall–Kier alpha value is -0.660. The molecule has 1 atom stereocenters. The summed E-state index contributed by atoms with van der Waals surface area (Å²) in [5.41, 5.74) is 0. The molecule has 6 nitrogen and oxygen atoms in total. The van der Waals surface area contributed by atoms with Crippen molar-refractivity contribution in [3.8, 4) is 0 Å². The molecular formula is C13H27N3O3S. The molecule has 0 saturated carbocycles. The molecule has 1 heterocycles. The van der Waals surface area contributed by atoms with Crippen LogP contribution in [0.3, 0.4) is 0 Å². The number of carbonyl (C=O) groups excluding carboxylic acids is 1. The van der Waals surface area contributed by atoms with Crippen molar-refractivity contribution >= 4 is 15.9 Å². The minimum absolute atomic E-state index is 0.0191. The zero-order chi connectivity index (χ0) is 15.2. The van der Waals surface area contributed by atoms with Gasteiger partial charge in [-0.1, -0.05) is 6.92 Å². The van der Waals surface area contributed by atoms with Crippen molar-refractivity contribution in [2.24, 2.45) is 5.92 Å². The summed E-state index contributed by atoms with van der Waals surface area (Å²) in [6, 6.07) is 0. The van der Waals surface area contributed by atoms with Crippen molar-refractivity contribution in [2.45, 2.75) is 26.2 Å². The molecule has 0 aliphatic carbocycles. The maximum atomic E-state index is 11.9. The van der Waals surface area contributed by atoms with E-state index in [-0.39, 0.29) is 18.9 Å². The van der Waals surface area contributed by atoms with Gasteiger partial charge in [-0.15, -0.1) is 0 Å². The first-order valence-electron chi connectivity index (χ1n) is 7.19. The molecule has 0 spiro atoms. The van der Waals surface area contributed by atoms with Gasteiger partial charge in [0, 0.05) is 33.1 Å². The highest BCUT2D eigenvalue weighted by atomic mass is 32.2. The van der Waals surface area contributed by atoms with E-state index in [4.69, 9.17) is 0 Å². The Labute approximate surface area is 122 Å². The van der Waals surface area contributed by atoms with Gasteiger partial charge in [0.15, 0.2) is 0 Å². The lowest BCUT2D eigenvalue weighted by molar-refractivity contribution is -0.130. The maximum Gasteiger partial charge on any atom is 0.223 e. The highest BCUT2D eigenvalue weighted by molar-refractivity contribution is 7.88. The molecule has 20 heavy (non-hydrogen) atoms. The van der Waals surface area contributed by atoms with Gasteiger partial charge in [0.25, 0.3) is 0 Å². The van der Waals surface area contributed by atoms with Gasteiger partial charge >= 0.3 is 0 Å². The minimum atomic E-state index is -3.21. The van der Waals surface area contributed by atoms with E-state index >= 15 is 0 Å². The second-order valence-electron chi connectivity index (χ2n) is 5.80. The number of rotatable bonds is 8. The SMILES string of the molecule is CC(CN1CCCC1)CN(C)C(=O)CCNS(C)(=O)=O. The molecule has 1 fully saturated rings. The standard InChI is InChI=1S/C13H27N3O3S/c1-12(11-16-8-4-5-9-16)10-15(2)13(17)6-7-14-20(3,18)19/h12,14H,4-11H2,1-3H3. The van der Waals surface area contributed by atoms with Crippen LogP contribution in [0.4, 0.5) is 0 Å². The van der Waals surface area contributed by atoms with Crippen LogP contribution in [0.5, 0.6) is 0 Å². The van der Waals surface area contributed by atoms with E-state index in [0.717, 1.165) is 12.8 Å². The number of amides is 1. The molecule has 1 aliphatic rings. The van der Waals surface area contributed by atoms with Crippen molar-refractivity contribution in [1.29, 1.82) is 0 Å². The molecule has 1 saturated heterocycles. The zero-order valence-corrected chi connectivity index (χ0v) is 13.6. The van der Waals surface area contributed by atoms with E-state index in [1.165, 1.54) is 25.9 Å². The van der Waals surface area contributed by atoms with Crippen LogP contribution in [0.2, 0.25) is 0 Å². The molecular weight excluding hydrogens is 278 g/mol. The Morgan fingerprint density at radius 1 is 1.35 bits per heavy atom. The molecule has 0 aromatic carbocycles. The smallest absolute Gasteiger partial charge is 0.223 e. The molecule has 118 valence electrons. The molecule has 0 radical (unpaired) electrons. The lowest BCUT2D eigenvalue weighted by atomic mass is 10.1. The first-order chi connectivity index (χ1) is 9.28. The second kappa shape index (κ2) is 7.95. The maximum absolute atomic E-state index is 11.9. The van der Waals surface area contributed by atoms with Crippen molar-refractivity contribution in [2.75, 3.05) is 46.0 Å². The van der Waals surface area contributed by atoms with Crippen LogP contribution in [-0.2, 0) is 14.8 Å². The van der Waals surface area contributed by atoms with Crippen LogP contribution in [0.25, 0.3) is 0 Å². The summed E-state index contributed by atoms with van der Waals surface area (Å²) >= 11 is 0.